The van der Waals surface area contributed by atoms with E-state index in [1.54, 1.807) is 6.07 Å². The molecule has 1 amide bonds. The smallest absolute Gasteiger partial charge is 0.303 e. The van der Waals surface area contributed by atoms with Crippen molar-refractivity contribution in [1.29, 1.82) is 0 Å². The van der Waals surface area contributed by atoms with Gasteiger partial charge in [-0.3, -0.25) is 9.59 Å². The number of nitrogens with zero attached hydrogens (tertiary/aromatic N) is 1. The van der Waals surface area contributed by atoms with Crippen molar-refractivity contribution in [1.82, 2.24) is 10.5 Å². The second-order valence-electron chi connectivity index (χ2n) is 5.05. The molecule has 2 aromatic rings. The van der Waals surface area contributed by atoms with Gasteiger partial charge in [0.15, 0.2) is 0 Å². The lowest BCUT2D eigenvalue weighted by Gasteiger charge is -2.18. The van der Waals surface area contributed by atoms with Crippen molar-refractivity contribution in [3.63, 3.8) is 0 Å². The lowest BCUT2D eigenvalue weighted by Crippen LogP contribution is -2.37. The number of rotatable bonds is 8. The molecule has 0 aliphatic carbocycles. The van der Waals surface area contributed by atoms with E-state index in [1.165, 1.54) is 6.26 Å². The molecule has 6 nitrogen and oxygen atoms in total. The van der Waals surface area contributed by atoms with Crippen molar-refractivity contribution < 1.29 is 19.2 Å². The molecular weight excluding hydrogens is 284 g/mol. The number of aliphatic carboxylic acids is 1. The lowest BCUT2D eigenvalue weighted by atomic mass is 10.0. The Morgan fingerprint density at radius 3 is 2.64 bits per heavy atom. The van der Waals surface area contributed by atoms with Crippen molar-refractivity contribution in [2.24, 2.45) is 0 Å². The first kappa shape index (κ1) is 15.8. The standard InChI is InChI=1S/C16H18N2O4/c19-15(11-14-8-9-22-18-14)17-13(6-7-16(20)21)10-12-4-2-1-3-5-12/h1-5,8-9,13H,6-7,10-11H2,(H,17,19)(H,20,21). The number of benzene rings is 1. The summed E-state index contributed by atoms with van der Waals surface area (Å²) in [4.78, 5) is 22.8. The molecule has 0 saturated heterocycles. The van der Waals surface area contributed by atoms with E-state index in [4.69, 9.17) is 5.11 Å². The quantitative estimate of drug-likeness (QED) is 0.776. The minimum Gasteiger partial charge on any atom is -0.481 e. The molecule has 2 rings (SSSR count). The number of aromatic nitrogens is 1. The Bertz CT molecular complexity index is 596. The summed E-state index contributed by atoms with van der Waals surface area (Å²) in [5, 5.41) is 15.4. The van der Waals surface area contributed by atoms with Crippen LogP contribution in [0.2, 0.25) is 0 Å². The first-order valence-electron chi connectivity index (χ1n) is 7.08. The summed E-state index contributed by atoms with van der Waals surface area (Å²) in [6, 6.07) is 11.1. The maximum absolute atomic E-state index is 12.0. The molecule has 0 aliphatic heterocycles. The topological polar surface area (TPSA) is 92.4 Å². The van der Waals surface area contributed by atoms with Crippen molar-refractivity contribution in [3.8, 4) is 0 Å². The number of carbonyl (C=O) groups excluding carboxylic acids is 1. The van der Waals surface area contributed by atoms with Crippen molar-refractivity contribution >= 4 is 11.9 Å². The Kier molecular flexibility index (Phi) is 5.71. The van der Waals surface area contributed by atoms with Gasteiger partial charge in [0, 0.05) is 18.5 Å². The molecule has 1 heterocycles. The highest BCUT2D eigenvalue weighted by atomic mass is 16.5. The normalized spacial score (nSPS) is 11.8. The summed E-state index contributed by atoms with van der Waals surface area (Å²) < 4.78 is 4.69. The largest absolute Gasteiger partial charge is 0.481 e. The van der Waals surface area contributed by atoms with E-state index in [0.29, 0.717) is 18.5 Å². The van der Waals surface area contributed by atoms with Gasteiger partial charge in [0.2, 0.25) is 5.91 Å². The summed E-state index contributed by atoms with van der Waals surface area (Å²) in [6.45, 7) is 0. The van der Waals surface area contributed by atoms with E-state index < -0.39 is 5.97 Å². The van der Waals surface area contributed by atoms with Crippen LogP contribution in [0.1, 0.15) is 24.1 Å². The molecule has 1 aromatic heterocycles. The van der Waals surface area contributed by atoms with Crippen LogP contribution < -0.4 is 5.32 Å². The average Bonchev–Trinajstić information content (AvgIpc) is 2.98. The highest BCUT2D eigenvalue weighted by molar-refractivity contribution is 5.78. The van der Waals surface area contributed by atoms with Gasteiger partial charge < -0.3 is 14.9 Å². The van der Waals surface area contributed by atoms with E-state index in [1.807, 2.05) is 30.3 Å². The van der Waals surface area contributed by atoms with Crippen LogP contribution in [-0.2, 0) is 22.4 Å². The number of hydrogen-bond acceptors (Lipinski definition) is 4. The third kappa shape index (κ3) is 5.40. The van der Waals surface area contributed by atoms with Crippen LogP contribution in [-0.4, -0.2) is 28.2 Å². The summed E-state index contributed by atoms with van der Waals surface area (Å²) in [5.41, 5.74) is 1.61. The van der Waals surface area contributed by atoms with E-state index in [2.05, 4.69) is 15.0 Å². The van der Waals surface area contributed by atoms with Gasteiger partial charge in [0.05, 0.1) is 12.1 Å². The monoisotopic (exact) mass is 302 g/mol. The fourth-order valence-electron chi connectivity index (χ4n) is 2.19. The van der Waals surface area contributed by atoms with Crippen LogP contribution in [0.4, 0.5) is 0 Å². The number of hydrogen-bond donors (Lipinski definition) is 2. The first-order chi connectivity index (χ1) is 10.6. The van der Waals surface area contributed by atoms with Gasteiger partial charge in [-0.25, -0.2) is 0 Å². The minimum atomic E-state index is -0.871. The molecule has 0 aliphatic rings. The van der Waals surface area contributed by atoms with E-state index in [9.17, 15) is 9.59 Å². The van der Waals surface area contributed by atoms with Crippen molar-refractivity contribution in [3.05, 3.63) is 53.9 Å². The van der Waals surface area contributed by atoms with Crippen LogP contribution in [0.15, 0.2) is 47.2 Å². The molecule has 116 valence electrons. The van der Waals surface area contributed by atoms with E-state index in [-0.39, 0.29) is 24.8 Å². The number of carboxylic acids is 1. The summed E-state index contributed by atoms with van der Waals surface area (Å²) in [6.07, 6.45) is 2.53. The SMILES string of the molecule is O=C(O)CCC(Cc1ccccc1)NC(=O)Cc1ccon1. The zero-order chi connectivity index (χ0) is 15.8. The van der Waals surface area contributed by atoms with Gasteiger partial charge in [0.25, 0.3) is 0 Å². The number of nitrogens with one attached hydrogen (secondary N) is 1. The van der Waals surface area contributed by atoms with Crippen LogP contribution in [0.3, 0.4) is 0 Å². The molecular formula is C16H18N2O4. The minimum absolute atomic E-state index is 0.0156. The first-order valence-corrected chi connectivity index (χ1v) is 7.08. The fourth-order valence-corrected chi connectivity index (χ4v) is 2.19. The van der Waals surface area contributed by atoms with Crippen molar-refractivity contribution in [2.75, 3.05) is 0 Å². The van der Waals surface area contributed by atoms with Gasteiger partial charge in [-0.15, -0.1) is 0 Å². The fraction of sp³-hybridized carbons (Fsp3) is 0.312. The predicted molar refractivity (Wildman–Crippen MR) is 79.2 cm³/mol. The van der Waals surface area contributed by atoms with Crippen LogP contribution in [0.5, 0.6) is 0 Å². The molecule has 0 saturated carbocycles. The third-order valence-electron chi connectivity index (χ3n) is 3.23. The average molecular weight is 302 g/mol. The molecule has 0 spiro atoms. The van der Waals surface area contributed by atoms with Crippen LogP contribution in [0.25, 0.3) is 0 Å². The van der Waals surface area contributed by atoms with Crippen molar-refractivity contribution in [2.45, 2.75) is 31.7 Å². The zero-order valence-corrected chi connectivity index (χ0v) is 12.1. The molecule has 0 fully saturated rings. The Hall–Kier alpha value is -2.63. The maximum Gasteiger partial charge on any atom is 0.303 e. The Morgan fingerprint density at radius 2 is 2.00 bits per heavy atom. The third-order valence-corrected chi connectivity index (χ3v) is 3.23. The summed E-state index contributed by atoms with van der Waals surface area (Å²) in [7, 11) is 0. The number of carboxylic acid groups (broad SMARTS) is 1. The van der Waals surface area contributed by atoms with Crippen LogP contribution in [0, 0.1) is 0 Å². The zero-order valence-electron chi connectivity index (χ0n) is 12.1. The van der Waals surface area contributed by atoms with Gasteiger partial charge in [0.1, 0.15) is 6.26 Å². The number of carbonyl (C=O) groups is 2. The van der Waals surface area contributed by atoms with Gasteiger partial charge in [-0.2, -0.15) is 0 Å². The molecule has 0 bridgehead atoms. The highest BCUT2D eigenvalue weighted by Gasteiger charge is 2.15. The molecule has 1 aromatic carbocycles. The second kappa shape index (κ2) is 7.97. The molecule has 1 unspecified atom stereocenters. The molecule has 1 atom stereocenters. The van der Waals surface area contributed by atoms with Gasteiger partial charge in [-0.1, -0.05) is 35.5 Å². The summed E-state index contributed by atoms with van der Waals surface area (Å²) >= 11 is 0. The molecule has 2 N–H and O–H groups in total. The molecule has 22 heavy (non-hydrogen) atoms. The predicted octanol–water partition coefficient (Wildman–Crippen LogP) is 1.81. The Balaban J connectivity index is 1.94. The summed E-state index contributed by atoms with van der Waals surface area (Å²) in [5.74, 6) is -1.07. The number of amides is 1. The molecule has 6 heteroatoms. The Labute approximate surface area is 128 Å². The highest BCUT2D eigenvalue weighted by Crippen LogP contribution is 2.08. The maximum atomic E-state index is 12.0. The second-order valence-corrected chi connectivity index (χ2v) is 5.05. The molecule has 0 radical (unpaired) electrons. The lowest BCUT2D eigenvalue weighted by molar-refractivity contribution is -0.137. The van der Waals surface area contributed by atoms with Gasteiger partial charge in [-0.05, 0) is 18.4 Å². The van der Waals surface area contributed by atoms with E-state index in [0.717, 1.165) is 5.56 Å². The Morgan fingerprint density at radius 1 is 1.23 bits per heavy atom. The van der Waals surface area contributed by atoms with Gasteiger partial charge >= 0.3 is 5.97 Å². The van der Waals surface area contributed by atoms with E-state index >= 15 is 0 Å². The van der Waals surface area contributed by atoms with Crippen LogP contribution >= 0.6 is 0 Å².